The molecule has 1 aromatic rings. The van der Waals surface area contributed by atoms with Crippen LogP contribution in [0.4, 0.5) is 0 Å². The van der Waals surface area contributed by atoms with Gasteiger partial charge in [0.15, 0.2) is 0 Å². The van der Waals surface area contributed by atoms with E-state index in [4.69, 9.17) is 5.73 Å². The molecule has 19 heavy (non-hydrogen) atoms. The van der Waals surface area contributed by atoms with Crippen LogP contribution in [0.15, 0.2) is 30.3 Å². The summed E-state index contributed by atoms with van der Waals surface area (Å²) in [5.41, 5.74) is 6.80. The normalized spacial score (nSPS) is 18.8. The molecule has 1 aliphatic heterocycles. The van der Waals surface area contributed by atoms with Gasteiger partial charge in [0.25, 0.3) is 0 Å². The molecular formula is C15H23ClN2O. The van der Waals surface area contributed by atoms with Crippen LogP contribution in [0, 0.1) is 0 Å². The molecule has 1 amide bonds. The highest BCUT2D eigenvalue weighted by Crippen LogP contribution is 2.21. The van der Waals surface area contributed by atoms with Crippen LogP contribution in [0.25, 0.3) is 0 Å². The van der Waals surface area contributed by atoms with Gasteiger partial charge in [0.05, 0.1) is 0 Å². The third-order valence-corrected chi connectivity index (χ3v) is 3.62. The van der Waals surface area contributed by atoms with Gasteiger partial charge < -0.3 is 10.6 Å². The van der Waals surface area contributed by atoms with Crippen LogP contribution >= 0.6 is 12.4 Å². The molecule has 1 saturated heterocycles. The molecule has 1 heterocycles. The first-order chi connectivity index (χ1) is 8.81. The van der Waals surface area contributed by atoms with E-state index >= 15 is 0 Å². The molecule has 0 aromatic heterocycles. The van der Waals surface area contributed by atoms with Gasteiger partial charge in [-0.25, -0.2) is 0 Å². The van der Waals surface area contributed by atoms with Gasteiger partial charge in [-0.3, -0.25) is 4.79 Å². The van der Waals surface area contributed by atoms with E-state index in [0.29, 0.717) is 19.0 Å². The number of piperidine rings is 1. The van der Waals surface area contributed by atoms with E-state index in [2.05, 4.69) is 24.3 Å². The molecule has 1 aromatic carbocycles. The lowest BCUT2D eigenvalue weighted by Crippen LogP contribution is -2.45. The Morgan fingerprint density at radius 2 is 2.00 bits per heavy atom. The van der Waals surface area contributed by atoms with E-state index < -0.39 is 0 Å². The number of benzene rings is 1. The summed E-state index contributed by atoms with van der Waals surface area (Å²) in [6.45, 7) is 1.35. The number of hydrogen-bond donors (Lipinski definition) is 1. The molecule has 0 aliphatic carbocycles. The first-order valence-corrected chi connectivity index (χ1v) is 6.84. The Labute approximate surface area is 121 Å². The minimum atomic E-state index is 0. The molecule has 1 atom stereocenters. The summed E-state index contributed by atoms with van der Waals surface area (Å²) in [7, 11) is 0. The minimum absolute atomic E-state index is 0. The summed E-state index contributed by atoms with van der Waals surface area (Å²) in [6.07, 6.45) is 4.92. The van der Waals surface area contributed by atoms with Crippen molar-refractivity contribution in [3.05, 3.63) is 35.9 Å². The van der Waals surface area contributed by atoms with Crippen LogP contribution in [0.5, 0.6) is 0 Å². The molecular weight excluding hydrogens is 260 g/mol. The van der Waals surface area contributed by atoms with E-state index in [1.807, 2.05) is 11.0 Å². The number of carbonyl (C=O) groups is 1. The van der Waals surface area contributed by atoms with E-state index in [0.717, 1.165) is 25.8 Å². The van der Waals surface area contributed by atoms with Crippen molar-refractivity contribution in [3.63, 3.8) is 0 Å². The van der Waals surface area contributed by atoms with Crippen LogP contribution in [0.1, 0.15) is 31.2 Å². The van der Waals surface area contributed by atoms with Crippen molar-refractivity contribution in [2.75, 3.05) is 13.1 Å². The summed E-state index contributed by atoms with van der Waals surface area (Å²) in [4.78, 5) is 14.1. The maximum Gasteiger partial charge on any atom is 0.224 e. The van der Waals surface area contributed by atoms with Gasteiger partial charge in [-0.05, 0) is 31.2 Å². The van der Waals surface area contributed by atoms with Gasteiger partial charge >= 0.3 is 0 Å². The Morgan fingerprint density at radius 3 is 2.68 bits per heavy atom. The van der Waals surface area contributed by atoms with Gasteiger partial charge in [-0.2, -0.15) is 0 Å². The standard InChI is InChI=1S/C15H22N2O.ClH/c16-10-9-15(18)17-11-5-4-8-14(17)12-13-6-2-1-3-7-13;/h1-3,6-7,14H,4-5,8-12,16H2;1H. The van der Waals surface area contributed by atoms with Crippen molar-refractivity contribution in [2.24, 2.45) is 5.73 Å². The lowest BCUT2D eigenvalue weighted by Gasteiger charge is -2.36. The fourth-order valence-electron chi connectivity index (χ4n) is 2.69. The van der Waals surface area contributed by atoms with E-state index in [-0.39, 0.29) is 18.3 Å². The van der Waals surface area contributed by atoms with Crippen LogP contribution in [0.2, 0.25) is 0 Å². The second-order valence-electron chi connectivity index (χ2n) is 4.97. The third kappa shape index (κ3) is 4.51. The first kappa shape index (κ1) is 16.0. The summed E-state index contributed by atoms with van der Waals surface area (Å²) < 4.78 is 0. The monoisotopic (exact) mass is 282 g/mol. The predicted molar refractivity (Wildman–Crippen MR) is 80.4 cm³/mol. The maximum atomic E-state index is 12.0. The number of amides is 1. The Morgan fingerprint density at radius 1 is 1.26 bits per heavy atom. The number of halogens is 1. The number of nitrogens with zero attached hydrogens (tertiary/aromatic N) is 1. The van der Waals surface area contributed by atoms with Crippen molar-refractivity contribution in [3.8, 4) is 0 Å². The van der Waals surface area contributed by atoms with Crippen molar-refractivity contribution in [1.82, 2.24) is 4.90 Å². The molecule has 0 radical (unpaired) electrons. The molecule has 4 heteroatoms. The van der Waals surface area contributed by atoms with Crippen LogP contribution in [-0.4, -0.2) is 29.9 Å². The maximum absolute atomic E-state index is 12.0. The molecule has 1 aliphatic rings. The molecule has 2 N–H and O–H groups in total. The number of nitrogens with two attached hydrogens (primary N) is 1. The van der Waals surface area contributed by atoms with E-state index in [9.17, 15) is 4.79 Å². The fraction of sp³-hybridized carbons (Fsp3) is 0.533. The molecule has 0 spiro atoms. The van der Waals surface area contributed by atoms with Crippen molar-refractivity contribution < 1.29 is 4.79 Å². The van der Waals surface area contributed by atoms with Gasteiger partial charge in [-0.15, -0.1) is 12.4 Å². The van der Waals surface area contributed by atoms with Crippen molar-refractivity contribution in [2.45, 2.75) is 38.1 Å². The molecule has 106 valence electrons. The van der Waals surface area contributed by atoms with Gasteiger partial charge in [-0.1, -0.05) is 30.3 Å². The lowest BCUT2D eigenvalue weighted by atomic mass is 9.95. The highest BCUT2D eigenvalue weighted by molar-refractivity contribution is 5.85. The second-order valence-corrected chi connectivity index (χ2v) is 4.97. The van der Waals surface area contributed by atoms with Gasteiger partial charge in [0, 0.05) is 25.6 Å². The number of likely N-dealkylation sites (tertiary alicyclic amines) is 1. The average Bonchev–Trinajstić information content (AvgIpc) is 2.41. The SMILES string of the molecule is Cl.NCCC(=O)N1CCCCC1Cc1ccccc1. The summed E-state index contributed by atoms with van der Waals surface area (Å²) in [6, 6.07) is 10.8. The average molecular weight is 283 g/mol. The second kappa shape index (κ2) is 8.18. The van der Waals surface area contributed by atoms with Crippen LogP contribution in [-0.2, 0) is 11.2 Å². The first-order valence-electron chi connectivity index (χ1n) is 6.84. The fourth-order valence-corrected chi connectivity index (χ4v) is 2.69. The molecule has 0 bridgehead atoms. The lowest BCUT2D eigenvalue weighted by molar-refractivity contribution is -0.134. The van der Waals surface area contributed by atoms with E-state index in [1.165, 1.54) is 12.0 Å². The largest absolute Gasteiger partial charge is 0.339 e. The smallest absolute Gasteiger partial charge is 0.224 e. The number of carbonyl (C=O) groups excluding carboxylic acids is 1. The van der Waals surface area contributed by atoms with Gasteiger partial charge in [0.1, 0.15) is 0 Å². The van der Waals surface area contributed by atoms with E-state index in [1.54, 1.807) is 0 Å². The molecule has 1 unspecified atom stereocenters. The zero-order valence-electron chi connectivity index (χ0n) is 11.3. The third-order valence-electron chi connectivity index (χ3n) is 3.62. The minimum Gasteiger partial charge on any atom is -0.339 e. The van der Waals surface area contributed by atoms with Crippen LogP contribution < -0.4 is 5.73 Å². The molecule has 2 rings (SSSR count). The highest BCUT2D eigenvalue weighted by Gasteiger charge is 2.25. The number of hydrogen-bond acceptors (Lipinski definition) is 2. The van der Waals surface area contributed by atoms with Crippen molar-refractivity contribution in [1.29, 1.82) is 0 Å². The predicted octanol–water partition coefficient (Wildman–Crippen LogP) is 2.38. The molecule has 1 fully saturated rings. The molecule has 3 nitrogen and oxygen atoms in total. The highest BCUT2D eigenvalue weighted by atomic mass is 35.5. The Bertz CT molecular complexity index is 383. The van der Waals surface area contributed by atoms with Crippen LogP contribution in [0.3, 0.4) is 0 Å². The molecule has 0 saturated carbocycles. The zero-order valence-corrected chi connectivity index (χ0v) is 12.1. The Kier molecular flexibility index (Phi) is 6.89. The quantitative estimate of drug-likeness (QED) is 0.922. The topological polar surface area (TPSA) is 46.3 Å². The zero-order chi connectivity index (χ0) is 12.8. The number of rotatable bonds is 4. The summed E-state index contributed by atoms with van der Waals surface area (Å²) in [5, 5.41) is 0. The van der Waals surface area contributed by atoms with Crippen molar-refractivity contribution >= 4 is 18.3 Å². The Balaban J connectivity index is 0.00000180. The summed E-state index contributed by atoms with van der Waals surface area (Å²) >= 11 is 0. The Hall–Kier alpha value is -1.06. The summed E-state index contributed by atoms with van der Waals surface area (Å²) in [5.74, 6) is 0.220. The van der Waals surface area contributed by atoms with Gasteiger partial charge in [0.2, 0.25) is 5.91 Å².